The molecule has 0 unspecified atom stereocenters. The molecule has 7 heteroatoms. The number of benzene rings is 2. The van der Waals surface area contributed by atoms with E-state index >= 15 is 0 Å². The molecule has 0 saturated carbocycles. The number of ketones is 1. The van der Waals surface area contributed by atoms with Crippen LogP contribution in [-0.2, 0) is 9.59 Å². The van der Waals surface area contributed by atoms with Gasteiger partial charge >= 0.3 is 0 Å². The largest absolute Gasteiger partial charge is 0.507 e. The van der Waals surface area contributed by atoms with Crippen molar-refractivity contribution >= 4 is 33.4 Å². The SMILES string of the molecule is O=C1C(=O)N(CCO)[C@H](c2ccc(F)cc2)/C1=C(\O)c1ccc(Br)cc1. The van der Waals surface area contributed by atoms with Crippen molar-refractivity contribution < 1.29 is 24.2 Å². The van der Waals surface area contributed by atoms with Gasteiger partial charge in [-0.1, -0.05) is 40.2 Å². The van der Waals surface area contributed by atoms with Gasteiger partial charge in [0.25, 0.3) is 11.7 Å². The second-order valence-electron chi connectivity index (χ2n) is 5.77. The standard InChI is InChI=1S/C19H15BrFNO4/c20-13-5-1-12(2-6-13)17(24)15-16(11-3-7-14(21)8-4-11)22(9-10-23)19(26)18(15)25/h1-8,16,23-24H,9-10H2/b17-15+/t16-/m1/s1. The number of aliphatic hydroxyl groups is 2. The first-order chi connectivity index (χ1) is 12.4. The second kappa shape index (κ2) is 7.39. The van der Waals surface area contributed by atoms with Crippen LogP contribution < -0.4 is 0 Å². The fourth-order valence-corrected chi connectivity index (χ4v) is 3.24. The van der Waals surface area contributed by atoms with Crippen LogP contribution in [0.3, 0.4) is 0 Å². The molecule has 3 rings (SSSR count). The van der Waals surface area contributed by atoms with Crippen molar-refractivity contribution in [1.29, 1.82) is 0 Å². The maximum absolute atomic E-state index is 13.3. The summed E-state index contributed by atoms with van der Waals surface area (Å²) in [5.74, 6) is -2.42. The summed E-state index contributed by atoms with van der Waals surface area (Å²) in [7, 11) is 0. The Balaban J connectivity index is 2.17. The zero-order valence-corrected chi connectivity index (χ0v) is 15.1. The minimum Gasteiger partial charge on any atom is -0.507 e. The van der Waals surface area contributed by atoms with Gasteiger partial charge in [-0.15, -0.1) is 0 Å². The summed E-state index contributed by atoms with van der Waals surface area (Å²) in [6.45, 7) is -0.424. The molecule has 0 bridgehead atoms. The Labute approximate surface area is 157 Å². The number of carbonyl (C=O) groups is 2. The number of rotatable bonds is 4. The second-order valence-corrected chi connectivity index (χ2v) is 6.69. The summed E-state index contributed by atoms with van der Waals surface area (Å²) in [6, 6.07) is 11.1. The van der Waals surface area contributed by atoms with Gasteiger partial charge in [-0.3, -0.25) is 9.59 Å². The molecule has 1 aliphatic rings. The lowest BCUT2D eigenvalue weighted by Gasteiger charge is -2.24. The van der Waals surface area contributed by atoms with Gasteiger partial charge in [0.05, 0.1) is 18.2 Å². The van der Waals surface area contributed by atoms with Crippen molar-refractivity contribution in [3.63, 3.8) is 0 Å². The summed E-state index contributed by atoms with van der Waals surface area (Å²) in [6.07, 6.45) is 0. The summed E-state index contributed by atoms with van der Waals surface area (Å²) >= 11 is 3.29. The third kappa shape index (κ3) is 3.27. The molecule has 1 amide bonds. The fraction of sp³-hybridized carbons (Fsp3) is 0.158. The molecule has 1 atom stereocenters. The van der Waals surface area contributed by atoms with Crippen molar-refractivity contribution in [3.8, 4) is 0 Å². The van der Waals surface area contributed by atoms with Crippen LogP contribution in [0.25, 0.3) is 5.76 Å². The molecule has 0 aliphatic carbocycles. The molecule has 2 N–H and O–H groups in total. The van der Waals surface area contributed by atoms with Crippen LogP contribution in [0.15, 0.2) is 58.6 Å². The first-order valence-corrected chi connectivity index (χ1v) is 8.64. The first kappa shape index (κ1) is 18.3. The van der Waals surface area contributed by atoms with Crippen LogP contribution in [0, 0.1) is 5.82 Å². The third-order valence-electron chi connectivity index (χ3n) is 4.18. The molecule has 1 saturated heterocycles. The molecule has 0 radical (unpaired) electrons. The van der Waals surface area contributed by atoms with Gasteiger partial charge in [-0.25, -0.2) is 4.39 Å². The lowest BCUT2D eigenvalue weighted by atomic mass is 9.95. The molecule has 1 heterocycles. The molecule has 0 spiro atoms. The van der Waals surface area contributed by atoms with Gasteiger partial charge in [0, 0.05) is 16.6 Å². The van der Waals surface area contributed by atoms with Crippen molar-refractivity contribution in [2.24, 2.45) is 0 Å². The summed E-state index contributed by atoms with van der Waals surface area (Å²) in [5, 5.41) is 20.0. The molecule has 26 heavy (non-hydrogen) atoms. The Morgan fingerprint density at radius 3 is 2.27 bits per heavy atom. The monoisotopic (exact) mass is 419 g/mol. The Morgan fingerprint density at radius 2 is 1.69 bits per heavy atom. The Kier molecular flexibility index (Phi) is 5.20. The number of halogens is 2. The quantitative estimate of drug-likeness (QED) is 0.453. The minimum atomic E-state index is -0.897. The number of aliphatic hydroxyl groups excluding tert-OH is 2. The highest BCUT2D eigenvalue weighted by Gasteiger charge is 2.45. The molecule has 1 aliphatic heterocycles. The molecule has 2 aromatic rings. The molecular formula is C19H15BrFNO4. The highest BCUT2D eigenvalue weighted by molar-refractivity contribution is 9.10. The van der Waals surface area contributed by atoms with Gasteiger partial charge in [-0.05, 0) is 29.8 Å². The number of nitrogens with zero attached hydrogens (tertiary/aromatic N) is 1. The third-order valence-corrected chi connectivity index (χ3v) is 4.71. The summed E-state index contributed by atoms with van der Waals surface area (Å²) in [5.41, 5.74) is 0.761. The van der Waals surface area contributed by atoms with Crippen LogP contribution in [0.2, 0.25) is 0 Å². The average Bonchev–Trinajstić information content (AvgIpc) is 2.88. The van der Waals surface area contributed by atoms with Crippen LogP contribution >= 0.6 is 15.9 Å². The maximum atomic E-state index is 13.3. The van der Waals surface area contributed by atoms with E-state index in [4.69, 9.17) is 0 Å². The number of Topliss-reactive ketones (excluding diaryl/α,β-unsaturated/α-hetero) is 1. The molecular weight excluding hydrogens is 405 g/mol. The highest BCUT2D eigenvalue weighted by Crippen LogP contribution is 2.39. The molecule has 2 aromatic carbocycles. The van der Waals surface area contributed by atoms with E-state index < -0.39 is 23.5 Å². The number of hydrogen-bond acceptors (Lipinski definition) is 4. The predicted octanol–water partition coefficient (Wildman–Crippen LogP) is 3.00. The van der Waals surface area contributed by atoms with Crippen LogP contribution in [0.4, 0.5) is 4.39 Å². The summed E-state index contributed by atoms with van der Waals surface area (Å²) in [4.78, 5) is 26.1. The van der Waals surface area contributed by atoms with E-state index in [-0.39, 0.29) is 24.5 Å². The van der Waals surface area contributed by atoms with Gasteiger partial charge in [0.2, 0.25) is 0 Å². The number of amides is 1. The topological polar surface area (TPSA) is 77.8 Å². The van der Waals surface area contributed by atoms with E-state index in [2.05, 4.69) is 15.9 Å². The number of hydrogen-bond donors (Lipinski definition) is 2. The zero-order valence-electron chi connectivity index (χ0n) is 13.5. The maximum Gasteiger partial charge on any atom is 0.295 e. The van der Waals surface area contributed by atoms with Crippen molar-refractivity contribution in [3.05, 3.63) is 75.5 Å². The van der Waals surface area contributed by atoms with Crippen molar-refractivity contribution in [1.82, 2.24) is 4.90 Å². The normalized spacial score (nSPS) is 19.2. The molecule has 1 fully saturated rings. The van der Waals surface area contributed by atoms with E-state index in [9.17, 15) is 24.2 Å². The molecule has 134 valence electrons. The van der Waals surface area contributed by atoms with Gasteiger partial charge < -0.3 is 15.1 Å². The van der Waals surface area contributed by atoms with E-state index in [0.717, 1.165) is 4.47 Å². The number of carbonyl (C=O) groups excluding carboxylic acids is 2. The smallest absolute Gasteiger partial charge is 0.295 e. The van der Waals surface area contributed by atoms with E-state index in [0.29, 0.717) is 11.1 Å². The fourth-order valence-electron chi connectivity index (χ4n) is 2.97. The van der Waals surface area contributed by atoms with Gasteiger partial charge in [-0.2, -0.15) is 0 Å². The van der Waals surface area contributed by atoms with Crippen LogP contribution in [0.1, 0.15) is 17.2 Å². The van der Waals surface area contributed by atoms with E-state index in [1.54, 1.807) is 24.3 Å². The van der Waals surface area contributed by atoms with Crippen LogP contribution in [-0.4, -0.2) is 40.0 Å². The minimum absolute atomic E-state index is 0.0796. The Bertz CT molecular complexity index is 877. The Hall–Kier alpha value is -2.51. The zero-order chi connectivity index (χ0) is 18.8. The lowest BCUT2D eigenvalue weighted by molar-refractivity contribution is -0.140. The number of β-amino-alcohol motifs (C(OH)–C–C–N with tert-alkyl or cyclic N) is 1. The average molecular weight is 420 g/mol. The first-order valence-electron chi connectivity index (χ1n) is 7.84. The van der Waals surface area contributed by atoms with E-state index in [1.807, 2.05) is 0 Å². The van der Waals surface area contributed by atoms with Crippen LogP contribution in [0.5, 0.6) is 0 Å². The van der Waals surface area contributed by atoms with Crippen molar-refractivity contribution in [2.45, 2.75) is 6.04 Å². The summed E-state index contributed by atoms with van der Waals surface area (Å²) < 4.78 is 14.1. The Morgan fingerprint density at radius 1 is 1.08 bits per heavy atom. The number of likely N-dealkylation sites (tertiary alicyclic amines) is 1. The van der Waals surface area contributed by atoms with Crippen molar-refractivity contribution in [2.75, 3.05) is 13.2 Å². The lowest BCUT2D eigenvalue weighted by Crippen LogP contribution is -2.32. The predicted molar refractivity (Wildman–Crippen MR) is 96.6 cm³/mol. The molecule has 0 aromatic heterocycles. The van der Waals surface area contributed by atoms with E-state index in [1.165, 1.54) is 29.2 Å². The van der Waals surface area contributed by atoms with Gasteiger partial charge in [0.1, 0.15) is 11.6 Å². The molecule has 5 nitrogen and oxygen atoms in total. The van der Waals surface area contributed by atoms with Gasteiger partial charge in [0.15, 0.2) is 0 Å². The highest BCUT2D eigenvalue weighted by atomic mass is 79.9.